The lowest BCUT2D eigenvalue weighted by atomic mass is 10.0. The van der Waals surface area contributed by atoms with E-state index >= 15 is 0 Å². The minimum absolute atomic E-state index is 0.0240. The molecule has 0 bridgehead atoms. The van der Waals surface area contributed by atoms with Crippen LogP contribution >= 0.6 is 11.6 Å². The Kier molecular flexibility index (Phi) is 7.00. The molecule has 12 heteroatoms. The van der Waals surface area contributed by atoms with E-state index in [4.69, 9.17) is 17.3 Å². The summed E-state index contributed by atoms with van der Waals surface area (Å²) in [6.07, 6.45) is -2.89. The van der Waals surface area contributed by atoms with Crippen molar-refractivity contribution < 1.29 is 27.6 Å². The van der Waals surface area contributed by atoms with Crippen LogP contribution in [-0.2, 0) is 6.18 Å². The standard InChI is InChI=1S/C25H23ClF3N5O3/c1-12-9-15(22(30)35)10-16(23(36)31-13(2)14-7-8-14)21(12)32-24(37)19-11-20(25(27,28)29)33-34(19)18-6-4-3-5-17(18)26/h3-6,9-11,13-14H,7-8H2,1-2H3,(H2,30,35)(H,31,36)(H,32,37). The zero-order valence-corrected chi connectivity index (χ0v) is 20.6. The molecule has 8 nitrogen and oxygen atoms in total. The fourth-order valence-corrected chi connectivity index (χ4v) is 4.15. The Morgan fingerprint density at radius 2 is 1.81 bits per heavy atom. The van der Waals surface area contributed by atoms with Crippen LogP contribution in [0.25, 0.3) is 5.69 Å². The number of nitrogens with one attached hydrogen (secondary N) is 2. The lowest BCUT2D eigenvalue weighted by molar-refractivity contribution is -0.141. The van der Waals surface area contributed by atoms with Gasteiger partial charge in [-0.15, -0.1) is 0 Å². The summed E-state index contributed by atoms with van der Waals surface area (Å²) in [6, 6.07) is 9.05. The predicted octanol–water partition coefficient (Wildman–Crippen LogP) is 4.73. The van der Waals surface area contributed by atoms with Gasteiger partial charge < -0.3 is 16.4 Å². The Labute approximate surface area is 215 Å². The van der Waals surface area contributed by atoms with Crippen molar-refractivity contribution in [3.8, 4) is 5.69 Å². The van der Waals surface area contributed by atoms with Crippen LogP contribution in [0.3, 0.4) is 0 Å². The molecule has 3 aromatic rings. The number of para-hydroxylation sites is 1. The molecule has 4 N–H and O–H groups in total. The first-order valence-electron chi connectivity index (χ1n) is 11.4. The van der Waals surface area contributed by atoms with E-state index in [-0.39, 0.29) is 33.6 Å². The number of hydrogen-bond acceptors (Lipinski definition) is 4. The van der Waals surface area contributed by atoms with Crippen molar-refractivity contribution in [2.75, 3.05) is 5.32 Å². The highest BCUT2D eigenvalue weighted by Gasteiger charge is 2.37. The molecule has 1 aliphatic rings. The molecule has 1 atom stereocenters. The molecule has 0 spiro atoms. The summed E-state index contributed by atoms with van der Waals surface area (Å²) < 4.78 is 41.3. The van der Waals surface area contributed by atoms with Crippen LogP contribution in [0.15, 0.2) is 42.5 Å². The molecule has 37 heavy (non-hydrogen) atoms. The molecule has 2 aromatic carbocycles. The smallest absolute Gasteiger partial charge is 0.366 e. The number of amides is 3. The lowest BCUT2D eigenvalue weighted by Crippen LogP contribution is -2.35. The van der Waals surface area contributed by atoms with Gasteiger partial charge in [-0.05, 0) is 62.4 Å². The van der Waals surface area contributed by atoms with Crippen LogP contribution in [0.4, 0.5) is 18.9 Å². The number of nitrogens with two attached hydrogens (primary N) is 1. The summed E-state index contributed by atoms with van der Waals surface area (Å²) in [5, 5.41) is 9.02. The Hall–Kier alpha value is -3.86. The number of alkyl halides is 3. The van der Waals surface area contributed by atoms with Crippen LogP contribution in [0.1, 0.15) is 62.2 Å². The second-order valence-corrected chi connectivity index (χ2v) is 9.32. The molecule has 194 valence electrons. The molecule has 0 saturated heterocycles. The third kappa shape index (κ3) is 5.61. The molecule has 1 saturated carbocycles. The third-order valence-electron chi connectivity index (χ3n) is 6.10. The highest BCUT2D eigenvalue weighted by atomic mass is 35.5. The number of nitrogens with zero attached hydrogens (tertiary/aromatic N) is 2. The van der Waals surface area contributed by atoms with E-state index in [2.05, 4.69) is 15.7 Å². The van der Waals surface area contributed by atoms with E-state index < -0.39 is 35.3 Å². The maximum absolute atomic E-state index is 13.5. The molecule has 1 heterocycles. The highest BCUT2D eigenvalue weighted by molar-refractivity contribution is 6.32. The van der Waals surface area contributed by atoms with E-state index in [1.54, 1.807) is 6.07 Å². The van der Waals surface area contributed by atoms with Gasteiger partial charge >= 0.3 is 6.18 Å². The fourth-order valence-electron chi connectivity index (χ4n) is 3.94. The summed E-state index contributed by atoms with van der Waals surface area (Å²) >= 11 is 6.17. The SMILES string of the molecule is Cc1cc(C(N)=O)cc(C(=O)NC(C)C2CC2)c1NC(=O)c1cc(C(F)(F)F)nn1-c1ccccc1Cl. The van der Waals surface area contributed by atoms with Gasteiger partial charge in [0.1, 0.15) is 5.69 Å². The van der Waals surface area contributed by atoms with Gasteiger partial charge in [0.15, 0.2) is 5.69 Å². The highest BCUT2D eigenvalue weighted by Crippen LogP contribution is 2.34. The van der Waals surface area contributed by atoms with E-state index in [1.165, 1.54) is 37.3 Å². The van der Waals surface area contributed by atoms with Gasteiger partial charge in [0, 0.05) is 17.7 Å². The van der Waals surface area contributed by atoms with E-state index in [0.717, 1.165) is 17.5 Å². The van der Waals surface area contributed by atoms with Crippen LogP contribution in [0, 0.1) is 12.8 Å². The molecule has 0 radical (unpaired) electrons. The normalized spacial score (nSPS) is 14.2. The number of carbonyl (C=O) groups excluding carboxylic acids is 3. The van der Waals surface area contributed by atoms with E-state index in [1.807, 2.05) is 6.92 Å². The number of hydrogen-bond donors (Lipinski definition) is 3. The van der Waals surface area contributed by atoms with Crippen molar-refractivity contribution in [2.24, 2.45) is 11.7 Å². The van der Waals surface area contributed by atoms with E-state index in [9.17, 15) is 27.6 Å². The summed E-state index contributed by atoms with van der Waals surface area (Å²) in [7, 11) is 0. The predicted molar refractivity (Wildman–Crippen MR) is 131 cm³/mol. The number of halogens is 4. The average Bonchev–Trinajstić information content (AvgIpc) is 3.57. The molecule has 1 aromatic heterocycles. The maximum Gasteiger partial charge on any atom is 0.435 e. The van der Waals surface area contributed by atoms with Gasteiger partial charge in [-0.3, -0.25) is 14.4 Å². The Morgan fingerprint density at radius 1 is 1.14 bits per heavy atom. The minimum Gasteiger partial charge on any atom is -0.366 e. The van der Waals surface area contributed by atoms with E-state index in [0.29, 0.717) is 17.5 Å². The Balaban J connectivity index is 1.77. The molecule has 1 aliphatic carbocycles. The Morgan fingerprint density at radius 3 is 2.41 bits per heavy atom. The number of benzene rings is 2. The number of anilines is 1. The first-order valence-corrected chi connectivity index (χ1v) is 11.7. The number of primary amides is 1. The lowest BCUT2D eigenvalue weighted by Gasteiger charge is -2.18. The first kappa shape index (κ1) is 26.2. The second-order valence-electron chi connectivity index (χ2n) is 8.91. The number of carbonyl (C=O) groups is 3. The van der Waals surface area contributed by atoms with Gasteiger partial charge in [0.25, 0.3) is 11.8 Å². The van der Waals surface area contributed by atoms with Crippen molar-refractivity contribution in [2.45, 2.75) is 38.9 Å². The maximum atomic E-state index is 13.5. The van der Waals surface area contributed by atoms with Crippen LogP contribution < -0.4 is 16.4 Å². The number of aromatic nitrogens is 2. The zero-order valence-electron chi connectivity index (χ0n) is 19.8. The van der Waals surface area contributed by atoms with Crippen molar-refractivity contribution in [3.63, 3.8) is 0 Å². The summed E-state index contributed by atoms with van der Waals surface area (Å²) in [4.78, 5) is 38.3. The quantitative estimate of drug-likeness (QED) is 0.406. The van der Waals surface area contributed by atoms with Crippen molar-refractivity contribution in [3.05, 3.63) is 75.6 Å². The molecular formula is C25H23ClF3N5O3. The fraction of sp³-hybridized carbons (Fsp3) is 0.280. The molecule has 1 fully saturated rings. The largest absolute Gasteiger partial charge is 0.435 e. The van der Waals surface area contributed by atoms with Gasteiger partial charge in [-0.1, -0.05) is 23.7 Å². The molecular weight excluding hydrogens is 511 g/mol. The molecule has 1 unspecified atom stereocenters. The topological polar surface area (TPSA) is 119 Å². The van der Waals surface area contributed by atoms with Crippen molar-refractivity contribution >= 4 is 35.0 Å². The average molecular weight is 534 g/mol. The van der Waals surface area contributed by atoms with Crippen LogP contribution in [0.5, 0.6) is 0 Å². The summed E-state index contributed by atoms with van der Waals surface area (Å²) in [5.41, 5.74) is 4.04. The van der Waals surface area contributed by atoms with Crippen LogP contribution in [-0.4, -0.2) is 33.5 Å². The summed E-state index contributed by atoms with van der Waals surface area (Å²) in [5.74, 6) is -1.98. The van der Waals surface area contributed by atoms with Crippen LogP contribution in [0.2, 0.25) is 5.02 Å². The second kappa shape index (κ2) is 9.89. The summed E-state index contributed by atoms with van der Waals surface area (Å²) in [6.45, 7) is 3.38. The number of aryl methyl sites for hydroxylation is 1. The Bertz CT molecular complexity index is 1400. The number of rotatable bonds is 7. The zero-order chi connectivity index (χ0) is 27.1. The van der Waals surface area contributed by atoms with Crippen molar-refractivity contribution in [1.82, 2.24) is 15.1 Å². The molecule has 3 amide bonds. The van der Waals surface area contributed by atoms with Gasteiger partial charge in [-0.2, -0.15) is 18.3 Å². The minimum atomic E-state index is -4.83. The first-order chi connectivity index (χ1) is 17.4. The third-order valence-corrected chi connectivity index (χ3v) is 6.42. The van der Waals surface area contributed by atoms with Gasteiger partial charge in [-0.25, -0.2) is 4.68 Å². The van der Waals surface area contributed by atoms with Crippen molar-refractivity contribution in [1.29, 1.82) is 0 Å². The van der Waals surface area contributed by atoms with Gasteiger partial charge in [0.05, 0.1) is 22.0 Å². The monoisotopic (exact) mass is 533 g/mol. The molecule has 0 aliphatic heterocycles. The van der Waals surface area contributed by atoms with Gasteiger partial charge in [0.2, 0.25) is 5.91 Å². The molecule has 4 rings (SSSR count).